The minimum Gasteiger partial charge on any atom is -0.858 e. The van der Waals surface area contributed by atoms with Crippen LogP contribution in [0.5, 0.6) is 5.75 Å². The summed E-state index contributed by atoms with van der Waals surface area (Å²) in [5.74, 6) is -4.09. The van der Waals surface area contributed by atoms with E-state index in [1.54, 1.807) is 48.6 Å². The van der Waals surface area contributed by atoms with Crippen molar-refractivity contribution in [2.75, 3.05) is 45.2 Å². The standard InChI is InChI=1S/C20H29F3O7S.C18H13S.C12H23NO3.C12H22O2.C10H14O.C8H3F3I3NO3S/c1-4-17(2,3)15(24)30-19-8-12-5-13(9-19)7-18(6-12,11-19)16(25)29-14(20(21,22)23)10-31(26,27)28;1-2-8-14(9-3-1)19-17-12-6-4-10-15(17)16-11-5-7-13-18(16)19;1-4-12(2,3)11(14)16-10-7-13-5-8-15-9-6-13;1-5-11(2,3)10(13)14-12(4)8-6-7-9-12;1-3-8(2)9-5-4-6-10(11)7-9;9-8(10,11)19(17,18)15-7(16)4-1-3(12)2-5(13)6(4)14/h12-14H,4-11H2,1-3H3,(H,26,27,28);1-13H;4-10H2,1-3H3;5-9H2,1-4H3;4-8,11H,3H2,1-2H3;1-2H,(H,15,16)/q;+1;;;;/p-1. The number of thiophene rings is 1. The number of alkyl halides is 6. The van der Waals surface area contributed by atoms with Crippen LogP contribution in [-0.4, -0.2) is 130 Å². The van der Waals surface area contributed by atoms with Crippen molar-refractivity contribution in [2.45, 2.75) is 208 Å². The second-order valence-electron chi connectivity index (χ2n) is 31.1. The predicted molar refractivity (Wildman–Crippen MR) is 437 cm³/mol. The molecule has 4 bridgehead atoms. The number of hydrogen-bond acceptors (Lipinski definition) is 16. The molecule has 610 valence electrons. The van der Waals surface area contributed by atoms with Crippen molar-refractivity contribution in [3.05, 3.63) is 137 Å². The number of carbonyl (C=O) groups is 4. The van der Waals surface area contributed by atoms with Gasteiger partial charge in [-0.1, -0.05) is 89.2 Å². The lowest BCUT2D eigenvalue weighted by Gasteiger charge is -2.60. The van der Waals surface area contributed by atoms with Crippen LogP contribution < -0.4 is 10.0 Å². The molecule has 6 aliphatic rings. The largest absolute Gasteiger partial charge is 0.858 e. The van der Waals surface area contributed by atoms with Gasteiger partial charge in [-0.05, 0) is 284 Å². The second kappa shape index (κ2) is 39.6. The van der Waals surface area contributed by atoms with Crippen LogP contribution in [0, 0.1) is 44.2 Å². The Balaban J connectivity index is 0.000000213. The zero-order chi connectivity index (χ0) is 82.2. The monoisotopic (exact) mass is 1940 g/mol. The predicted octanol–water partition coefficient (Wildman–Crippen LogP) is 17.6. The van der Waals surface area contributed by atoms with Gasteiger partial charge in [0.25, 0.3) is 0 Å². The molecule has 2 heterocycles. The highest BCUT2D eigenvalue weighted by Gasteiger charge is 2.64. The third kappa shape index (κ3) is 26.3. The highest BCUT2D eigenvalue weighted by molar-refractivity contribution is 14.1. The minimum atomic E-state index is -5.82. The van der Waals surface area contributed by atoms with Crippen LogP contribution in [0.3, 0.4) is 0 Å². The first-order valence-electron chi connectivity index (χ1n) is 36.9. The van der Waals surface area contributed by atoms with E-state index in [1.165, 1.54) is 54.4 Å². The molecular formula is C80H103F6I3N2O16S3. The Morgan fingerprint density at radius 1 is 0.700 bits per heavy atom. The Hall–Kier alpha value is -4.98. The Morgan fingerprint density at radius 3 is 1.70 bits per heavy atom. The summed E-state index contributed by atoms with van der Waals surface area (Å²) in [4.78, 5) is 52.1. The number of aromatic hydroxyl groups is 1. The van der Waals surface area contributed by atoms with Crippen LogP contribution in [0.25, 0.3) is 25.1 Å². The van der Waals surface area contributed by atoms with Crippen LogP contribution in [0.4, 0.5) is 26.3 Å². The van der Waals surface area contributed by atoms with Crippen LogP contribution in [0.2, 0.25) is 0 Å². The van der Waals surface area contributed by atoms with Crippen molar-refractivity contribution in [3.8, 4) is 10.6 Å². The summed E-state index contributed by atoms with van der Waals surface area (Å²) in [6.07, 6.45) is 2.06. The molecule has 5 aromatic carbocycles. The number of phenolic OH excluding ortho intramolecular Hbond substituents is 1. The van der Waals surface area contributed by atoms with Gasteiger partial charge in [-0.3, -0.25) is 19.2 Å². The number of nitrogens with one attached hydrogen (secondary N) is 1. The van der Waals surface area contributed by atoms with Crippen molar-refractivity contribution in [2.24, 2.45) is 37.9 Å². The van der Waals surface area contributed by atoms with Gasteiger partial charge in [-0.2, -0.15) is 39.2 Å². The molecule has 6 aromatic rings. The van der Waals surface area contributed by atoms with E-state index in [1.807, 2.05) is 112 Å². The SMILES string of the molecule is CCC(C)(C)C(=O)OC1(C)CCCC1.CCC(C)(C)C(=O)OC12CC3CC(C1)CC(C(=O)OC(CS(=O)(=O)[O-])C(F)(F)F)(C3)C2.CCC(C)(C)C(=O)OCC[NH+]1CCOCC1.CCC(C)c1cccc(O)c1.O=S(=O)(N=C([O-])c1cc(I)cc(I)c1I)C(F)(F)F.c1ccc(-[s+]2c3ccccc3c3ccccc32)cc1. The minimum absolute atomic E-state index is 0.00100. The molecule has 0 radical (unpaired) electrons. The van der Waals surface area contributed by atoms with Gasteiger partial charge in [0.1, 0.15) is 43.2 Å². The Labute approximate surface area is 686 Å². The third-order valence-corrected chi connectivity index (χ3v) is 28.9. The van der Waals surface area contributed by atoms with Crippen molar-refractivity contribution in [1.29, 1.82) is 0 Å². The van der Waals surface area contributed by atoms with Gasteiger partial charge in [-0.25, -0.2) is 8.42 Å². The fourth-order valence-corrected chi connectivity index (χ4v) is 19.4. The molecule has 4 atom stereocenters. The molecule has 30 heteroatoms. The van der Waals surface area contributed by atoms with Gasteiger partial charge in [0.2, 0.25) is 6.10 Å². The van der Waals surface area contributed by atoms with Gasteiger partial charge < -0.3 is 43.4 Å². The molecule has 1 aliphatic heterocycles. The van der Waals surface area contributed by atoms with Gasteiger partial charge in [0.15, 0.2) is 14.3 Å². The highest BCUT2D eigenvalue weighted by atomic mass is 127. The van der Waals surface area contributed by atoms with Gasteiger partial charge in [-0.15, -0.1) is 0 Å². The highest BCUT2D eigenvalue weighted by Crippen LogP contribution is 2.64. The Bertz CT molecular complexity index is 4300. The van der Waals surface area contributed by atoms with E-state index < -0.39 is 78.0 Å². The van der Waals surface area contributed by atoms with E-state index in [9.17, 15) is 72.0 Å². The molecule has 12 rings (SSSR count). The lowest BCUT2D eigenvalue weighted by Crippen LogP contribution is -3.14. The van der Waals surface area contributed by atoms with Crippen molar-refractivity contribution in [1.82, 2.24) is 0 Å². The van der Waals surface area contributed by atoms with E-state index in [0.29, 0.717) is 61.1 Å². The number of halogens is 9. The number of benzene rings is 5. The van der Waals surface area contributed by atoms with Crippen molar-refractivity contribution in [3.63, 3.8) is 0 Å². The number of phenols is 1. The average molecular weight is 1940 g/mol. The molecule has 2 N–H and O–H groups in total. The summed E-state index contributed by atoms with van der Waals surface area (Å²) >= 11 is 5.49. The molecule has 4 unspecified atom stereocenters. The number of morpholine rings is 1. The lowest BCUT2D eigenvalue weighted by atomic mass is 9.48. The van der Waals surface area contributed by atoms with Crippen LogP contribution in [0.1, 0.15) is 190 Å². The smallest absolute Gasteiger partial charge is 0.518 e. The van der Waals surface area contributed by atoms with E-state index in [0.717, 1.165) is 71.4 Å². The Morgan fingerprint density at radius 2 is 1.21 bits per heavy atom. The topological polar surface area (TPSA) is 266 Å². The lowest BCUT2D eigenvalue weighted by molar-refractivity contribution is -0.908. The molecule has 110 heavy (non-hydrogen) atoms. The molecule has 5 saturated carbocycles. The zero-order valence-electron chi connectivity index (χ0n) is 64.3. The van der Waals surface area contributed by atoms with Crippen molar-refractivity contribution < 1.29 is 106 Å². The maximum atomic E-state index is 13.3. The summed E-state index contributed by atoms with van der Waals surface area (Å²) in [6.45, 7) is 28.6. The molecule has 0 spiro atoms. The number of hydrogen-bond donors (Lipinski definition) is 2. The number of fused-ring (bicyclic) bond motifs is 3. The number of nitrogens with zero attached hydrogens (tertiary/aromatic N) is 1. The van der Waals surface area contributed by atoms with Gasteiger partial charge in [0, 0.05) is 49.8 Å². The van der Waals surface area contributed by atoms with Crippen LogP contribution >= 0.6 is 78.2 Å². The van der Waals surface area contributed by atoms with E-state index in [2.05, 4.69) is 109 Å². The quantitative estimate of drug-likeness (QED) is 0.00828. The molecule has 18 nitrogen and oxygen atoms in total. The molecule has 0 amide bonds. The Kier molecular flexibility index (Phi) is 33.8. The fourth-order valence-electron chi connectivity index (χ4n) is 13.6. The molecule has 5 aliphatic carbocycles. The first kappa shape index (κ1) is 93.9. The average Bonchev–Trinajstić information content (AvgIpc) is 0.912. The maximum absolute atomic E-state index is 13.3. The molecule has 6 fully saturated rings. The zero-order valence-corrected chi connectivity index (χ0v) is 73.2. The maximum Gasteiger partial charge on any atom is 0.518 e. The summed E-state index contributed by atoms with van der Waals surface area (Å²) in [7, 11) is -11.0. The second-order valence-corrected chi connectivity index (χ2v) is 39.6. The number of quaternary nitrogens is 1. The van der Waals surface area contributed by atoms with Crippen LogP contribution in [0.15, 0.2) is 120 Å². The number of carbonyl (C=O) groups excluding carboxylic acids is 4. The van der Waals surface area contributed by atoms with E-state index in [4.69, 9.17) is 24.1 Å². The summed E-state index contributed by atoms with van der Waals surface area (Å²) in [6, 6.07) is 38.8. The van der Waals surface area contributed by atoms with Gasteiger partial charge in [0.05, 0.1) is 50.7 Å². The van der Waals surface area contributed by atoms with E-state index >= 15 is 0 Å². The first-order valence-corrected chi connectivity index (χ1v) is 44.3. The van der Waals surface area contributed by atoms with Crippen LogP contribution in [-0.2, 0) is 63.0 Å². The van der Waals surface area contributed by atoms with Gasteiger partial charge >= 0.3 is 45.6 Å². The normalized spacial score (nSPS) is 20.4. The summed E-state index contributed by atoms with van der Waals surface area (Å²) < 4.78 is 164. The summed E-state index contributed by atoms with van der Waals surface area (Å²) in [5, 5.41) is 23.5. The fraction of sp³-hybridized carbons (Fsp3) is 0.562. The number of rotatable bonds is 20. The van der Waals surface area contributed by atoms with Crippen molar-refractivity contribution >= 4 is 148 Å². The number of sulfonamides is 1. The van der Waals surface area contributed by atoms with E-state index in [-0.39, 0.29) is 62.7 Å². The molecule has 1 aromatic heterocycles. The third-order valence-electron chi connectivity index (χ3n) is 21.2. The number of ether oxygens (including phenoxy) is 5. The first-order chi connectivity index (χ1) is 51.1. The number of esters is 4. The molecular weight excluding hydrogens is 1840 g/mol. The molecule has 1 saturated heterocycles. The summed E-state index contributed by atoms with van der Waals surface area (Å²) in [5.41, 5.74) is -8.35.